The van der Waals surface area contributed by atoms with E-state index in [9.17, 15) is 5.11 Å². The van der Waals surface area contributed by atoms with Crippen LogP contribution < -0.4 is 10.6 Å². The Morgan fingerprint density at radius 1 is 0.600 bits per heavy atom. The largest absolute Gasteiger partial charge is 0.394 e. The molecule has 0 saturated carbocycles. The molecular weight excluding hydrogens is 272 g/mol. The van der Waals surface area contributed by atoms with Gasteiger partial charge in [-0.05, 0) is 0 Å². The SMILES string of the molecule is OCC(CO)(CO)NCC(O)CNC(CO)(CO)CO. The van der Waals surface area contributed by atoms with E-state index in [4.69, 9.17) is 30.6 Å². The molecule has 0 aromatic heterocycles. The second-order valence-corrected chi connectivity index (χ2v) is 4.92. The van der Waals surface area contributed by atoms with E-state index < -0.39 is 56.8 Å². The summed E-state index contributed by atoms with van der Waals surface area (Å²) < 4.78 is 0. The number of aliphatic hydroxyl groups excluding tert-OH is 7. The summed E-state index contributed by atoms with van der Waals surface area (Å²) in [6.45, 7) is -3.13. The average molecular weight is 298 g/mol. The van der Waals surface area contributed by atoms with Gasteiger partial charge in [0.15, 0.2) is 0 Å². The molecule has 0 amide bonds. The van der Waals surface area contributed by atoms with Crippen LogP contribution in [0.4, 0.5) is 0 Å². The van der Waals surface area contributed by atoms with Crippen molar-refractivity contribution in [2.24, 2.45) is 0 Å². The first-order chi connectivity index (χ1) is 9.46. The summed E-state index contributed by atoms with van der Waals surface area (Å²) in [5.41, 5.74) is -2.58. The van der Waals surface area contributed by atoms with Gasteiger partial charge in [0.25, 0.3) is 0 Å². The summed E-state index contributed by atoms with van der Waals surface area (Å²) in [4.78, 5) is 0. The van der Waals surface area contributed by atoms with Crippen LogP contribution in [0.1, 0.15) is 0 Å². The first kappa shape index (κ1) is 19.6. The molecule has 122 valence electrons. The molecule has 0 radical (unpaired) electrons. The third kappa shape index (κ3) is 5.56. The normalized spacial score (nSPS) is 13.2. The van der Waals surface area contributed by atoms with E-state index >= 15 is 0 Å². The van der Waals surface area contributed by atoms with E-state index in [0.29, 0.717) is 0 Å². The lowest BCUT2D eigenvalue weighted by Crippen LogP contribution is -2.60. The number of nitrogens with one attached hydrogen (secondary N) is 2. The first-order valence-corrected chi connectivity index (χ1v) is 6.30. The van der Waals surface area contributed by atoms with Crippen LogP contribution in [0.15, 0.2) is 0 Å². The minimum Gasteiger partial charge on any atom is -0.394 e. The molecule has 0 aliphatic rings. The first-order valence-electron chi connectivity index (χ1n) is 6.30. The molecule has 0 heterocycles. The van der Waals surface area contributed by atoms with Crippen molar-refractivity contribution in [2.75, 3.05) is 52.7 Å². The maximum absolute atomic E-state index is 9.73. The van der Waals surface area contributed by atoms with Crippen molar-refractivity contribution in [1.29, 1.82) is 0 Å². The van der Waals surface area contributed by atoms with Gasteiger partial charge in [0.1, 0.15) is 0 Å². The van der Waals surface area contributed by atoms with E-state index in [1.165, 1.54) is 0 Å². The molecule has 0 unspecified atom stereocenters. The molecule has 0 aromatic rings. The average Bonchev–Trinajstić information content (AvgIpc) is 2.51. The molecule has 20 heavy (non-hydrogen) atoms. The number of hydrogen-bond donors (Lipinski definition) is 9. The molecule has 9 heteroatoms. The van der Waals surface area contributed by atoms with Crippen molar-refractivity contribution >= 4 is 0 Å². The van der Waals surface area contributed by atoms with Gasteiger partial charge in [0.2, 0.25) is 0 Å². The Bertz CT molecular complexity index is 206. The highest BCUT2D eigenvalue weighted by atomic mass is 16.3. The molecular formula is C11H26N2O7. The highest BCUT2D eigenvalue weighted by Crippen LogP contribution is 2.03. The van der Waals surface area contributed by atoms with Gasteiger partial charge >= 0.3 is 0 Å². The second kappa shape index (κ2) is 9.55. The summed E-state index contributed by atoms with van der Waals surface area (Å²) in [7, 11) is 0. The summed E-state index contributed by atoms with van der Waals surface area (Å²) in [6.07, 6.45) is -0.983. The summed E-state index contributed by atoms with van der Waals surface area (Å²) in [5.74, 6) is 0. The predicted molar refractivity (Wildman–Crippen MR) is 70.0 cm³/mol. The number of β-amino-alcohol motifs (C(OH)–C–C–N with tert-alkyl or cyclic N) is 1. The van der Waals surface area contributed by atoms with Crippen LogP contribution in [-0.4, -0.2) is 106 Å². The molecule has 0 saturated heterocycles. The second-order valence-electron chi connectivity index (χ2n) is 4.92. The minimum atomic E-state index is -1.29. The Morgan fingerprint density at radius 3 is 1.05 bits per heavy atom. The third-order valence-corrected chi connectivity index (χ3v) is 3.24. The van der Waals surface area contributed by atoms with Crippen molar-refractivity contribution in [1.82, 2.24) is 10.6 Å². The van der Waals surface area contributed by atoms with Crippen LogP contribution in [0.5, 0.6) is 0 Å². The monoisotopic (exact) mass is 298 g/mol. The predicted octanol–water partition coefficient (Wildman–Crippen LogP) is -5.04. The van der Waals surface area contributed by atoms with Crippen LogP contribution in [0.2, 0.25) is 0 Å². The van der Waals surface area contributed by atoms with Gasteiger partial charge < -0.3 is 46.4 Å². The Kier molecular flexibility index (Phi) is 9.38. The van der Waals surface area contributed by atoms with E-state index in [2.05, 4.69) is 10.6 Å². The van der Waals surface area contributed by atoms with Gasteiger partial charge in [-0.1, -0.05) is 0 Å². The Hall–Kier alpha value is -0.360. The molecule has 0 aromatic carbocycles. The maximum atomic E-state index is 9.73. The molecule has 0 rings (SSSR count). The lowest BCUT2D eigenvalue weighted by molar-refractivity contribution is 0.0204. The molecule has 9 N–H and O–H groups in total. The molecule has 0 atom stereocenters. The van der Waals surface area contributed by atoms with Gasteiger partial charge in [-0.2, -0.15) is 0 Å². The fraction of sp³-hybridized carbons (Fsp3) is 1.00. The molecule has 0 aliphatic carbocycles. The lowest BCUT2D eigenvalue weighted by atomic mass is 10.0. The highest BCUT2D eigenvalue weighted by molar-refractivity contribution is 4.89. The number of rotatable bonds is 12. The number of aliphatic hydroxyl groups is 7. The Labute approximate surface area is 117 Å². The van der Waals surface area contributed by atoms with E-state index in [1.54, 1.807) is 0 Å². The standard InChI is InChI=1S/C11H26N2O7/c14-3-10(4-15,5-16)12-1-9(20)2-13-11(6-17,7-18)8-19/h9,12-20H,1-8H2. The zero-order valence-electron chi connectivity index (χ0n) is 11.4. The van der Waals surface area contributed by atoms with Gasteiger partial charge in [0, 0.05) is 13.1 Å². The minimum absolute atomic E-state index is 0.0486. The molecule has 9 nitrogen and oxygen atoms in total. The van der Waals surface area contributed by atoms with Crippen molar-refractivity contribution in [3.05, 3.63) is 0 Å². The van der Waals surface area contributed by atoms with Crippen LogP contribution in [0, 0.1) is 0 Å². The van der Waals surface area contributed by atoms with Crippen molar-refractivity contribution in [3.63, 3.8) is 0 Å². The topological polar surface area (TPSA) is 166 Å². The quantitative estimate of drug-likeness (QED) is 0.171. The fourth-order valence-electron chi connectivity index (χ4n) is 1.38. The van der Waals surface area contributed by atoms with Crippen molar-refractivity contribution in [2.45, 2.75) is 17.2 Å². The van der Waals surface area contributed by atoms with Gasteiger partial charge in [-0.3, -0.25) is 0 Å². The van der Waals surface area contributed by atoms with Crippen LogP contribution in [0.3, 0.4) is 0 Å². The summed E-state index contributed by atoms with van der Waals surface area (Å²) >= 11 is 0. The molecule has 0 aliphatic heterocycles. The van der Waals surface area contributed by atoms with Crippen LogP contribution >= 0.6 is 0 Å². The Balaban J connectivity index is 4.26. The van der Waals surface area contributed by atoms with Gasteiger partial charge in [0.05, 0.1) is 56.8 Å². The molecule has 0 bridgehead atoms. The van der Waals surface area contributed by atoms with E-state index in [-0.39, 0.29) is 13.1 Å². The van der Waals surface area contributed by atoms with Crippen molar-refractivity contribution < 1.29 is 35.7 Å². The van der Waals surface area contributed by atoms with Gasteiger partial charge in [-0.15, -0.1) is 0 Å². The van der Waals surface area contributed by atoms with Gasteiger partial charge in [-0.25, -0.2) is 0 Å². The van der Waals surface area contributed by atoms with E-state index in [0.717, 1.165) is 0 Å². The number of hydrogen-bond acceptors (Lipinski definition) is 9. The summed E-state index contributed by atoms with van der Waals surface area (Å²) in [6, 6.07) is 0. The fourth-order valence-corrected chi connectivity index (χ4v) is 1.38. The van der Waals surface area contributed by atoms with E-state index in [1.807, 2.05) is 0 Å². The van der Waals surface area contributed by atoms with Crippen molar-refractivity contribution in [3.8, 4) is 0 Å². The smallest absolute Gasteiger partial charge is 0.0882 e. The maximum Gasteiger partial charge on any atom is 0.0882 e. The highest BCUT2D eigenvalue weighted by Gasteiger charge is 2.30. The molecule has 0 spiro atoms. The molecule has 0 fully saturated rings. The lowest BCUT2D eigenvalue weighted by Gasteiger charge is -2.32. The van der Waals surface area contributed by atoms with Crippen LogP contribution in [-0.2, 0) is 0 Å². The summed E-state index contributed by atoms with van der Waals surface area (Å²) in [5, 5.41) is 69.5. The Morgan fingerprint density at radius 2 is 0.850 bits per heavy atom. The zero-order valence-corrected chi connectivity index (χ0v) is 11.4. The third-order valence-electron chi connectivity index (χ3n) is 3.24. The zero-order chi connectivity index (χ0) is 15.6. The van der Waals surface area contributed by atoms with Crippen LogP contribution in [0.25, 0.3) is 0 Å².